The minimum absolute atomic E-state index is 0.288. The summed E-state index contributed by atoms with van der Waals surface area (Å²) in [7, 11) is 0. The normalized spacial score (nSPS) is 27.6. The monoisotopic (exact) mass is 242 g/mol. The Balaban J connectivity index is 2.64. The van der Waals surface area contributed by atoms with Crippen LogP contribution in [0.2, 0.25) is 0 Å². The fraction of sp³-hybridized carbons (Fsp3) is 0.769. The molecule has 3 heteroatoms. The van der Waals surface area contributed by atoms with Gasteiger partial charge in [-0.1, -0.05) is 18.1 Å². The molecule has 0 amide bonds. The first-order chi connectivity index (χ1) is 7.41. The van der Waals surface area contributed by atoms with Crippen molar-refractivity contribution in [3.63, 3.8) is 0 Å². The van der Waals surface area contributed by atoms with Gasteiger partial charge in [0.25, 0.3) is 0 Å². The molecule has 16 heavy (non-hydrogen) atoms. The number of rotatable bonds is 3. The molecule has 1 saturated carbocycles. The highest BCUT2D eigenvalue weighted by Crippen LogP contribution is 2.38. The van der Waals surface area contributed by atoms with Gasteiger partial charge in [0.2, 0.25) is 0 Å². The predicted molar refractivity (Wildman–Crippen MR) is 69.9 cm³/mol. The fourth-order valence-corrected chi connectivity index (χ4v) is 3.43. The van der Waals surface area contributed by atoms with Gasteiger partial charge in [-0.2, -0.15) is 0 Å². The van der Waals surface area contributed by atoms with E-state index >= 15 is 0 Å². The van der Waals surface area contributed by atoms with E-state index in [0.29, 0.717) is 11.2 Å². The summed E-state index contributed by atoms with van der Waals surface area (Å²) in [4.78, 5) is 10.9. The summed E-state index contributed by atoms with van der Waals surface area (Å²) < 4.78 is 0. The molecule has 3 atom stereocenters. The molecule has 0 radical (unpaired) electrons. The van der Waals surface area contributed by atoms with E-state index in [1.807, 2.05) is 0 Å². The number of carboxylic acids is 1. The van der Waals surface area contributed by atoms with Crippen LogP contribution in [0.3, 0.4) is 0 Å². The molecule has 0 aromatic heterocycles. The van der Waals surface area contributed by atoms with Crippen LogP contribution in [0.25, 0.3) is 0 Å². The third-order valence-electron chi connectivity index (χ3n) is 3.42. The van der Waals surface area contributed by atoms with Gasteiger partial charge < -0.3 is 5.11 Å². The molecular weight excluding hydrogens is 220 g/mol. The van der Waals surface area contributed by atoms with Crippen LogP contribution in [0.5, 0.6) is 0 Å². The van der Waals surface area contributed by atoms with E-state index in [0.717, 1.165) is 6.42 Å². The number of hydrogen-bond donors (Lipinski definition) is 1. The predicted octanol–water partition coefficient (Wildman–Crippen LogP) is 3.72. The van der Waals surface area contributed by atoms with E-state index in [9.17, 15) is 4.79 Å². The van der Waals surface area contributed by atoms with Gasteiger partial charge in [0.05, 0.1) is 5.25 Å². The molecule has 0 heterocycles. The largest absolute Gasteiger partial charge is 0.480 e. The first-order valence-electron chi connectivity index (χ1n) is 5.95. The number of hydrogen-bond acceptors (Lipinski definition) is 2. The van der Waals surface area contributed by atoms with Crippen molar-refractivity contribution in [2.75, 3.05) is 0 Å². The lowest BCUT2D eigenvalue weighted by Gasteiger charge is -2.32. The second kappa shape index (κ2) is 5.76. The van der Waals surface area contributed by atoms with Gasteiger partial charge in [-0.15, -0.1) is 11.8 Å². The highest BCUT2D eigenvalue weighted by Gasteiger charge is 2.28. The maximum Gasteiger partial charge on any atom is 0.316 e. The third-order valence-corrected chi connectivity index (χ3v) is 5.01. The minimum Gasteiger partial charge on any atom is -0.480 e. The third kappa shape index (κ3) is 3.55. The van der Waals surface area contributed by atoms with Crippen LogP contribution in [0.15, 0.2) is 11.1 Å². The highest BCUT2D eigenvalue weighted by atomic mass is 32.2. The van der Waals surface area contributed by atoms with Crippen LogP contribution >= 0.6 is 11.8 Å². The fourth-order valence-electron chi connectivity index (χ4n) is 2.09. The Hall–Kier alpha value is -0.440. The van der Waals surface area contributed by atoms with Crippen molar-refractivity contribution in [3.05, 3.63) is 11.1 Å². The van der Waals surface area contributed by atoms with Gasteiger partial charge in [0.1, 0.15) is 0 Å². The summed E-state index contributed by atoms with van der Waals surface area (Å²) in [5, 5.41) is 9.13. The molecule has 3 unspecified atom stereocenters. The Morgan fingerprint density at radius 3 is 2.62 bits per heavy atom. The Bertz CT molecular complexity index is 292. The maximum atomic E-state index is 10.9. The molecule has 0 aliphatic heterocycles. The quantitative estimate of drug-likeness (QED) is 0.766. The zero-order valence-corrected chi connectivity index (χ0v) is 11.4. The van der Waals surface area contributed by atoms with Gasteiger partial charge >= 0.3 is 5.97 Å². The molecule has 0 aromatic carbocycles. The number of aliphatic carboxylic acids is 1. The van der Waals surface area contributed by atoms with Gasteiger partial charge in [0.15, 0.2) is 0 Å². The lowest BCUT2D eigenvalue weighted by Crippen LogP contribution is -2.25. The average molecular weight is 242 g/mol. The smallest absolute Gasteiger partial charge is 0.316 e. The van der Waals surface area contributed by atoms with E-state index in [2.05, 4.69) is 20.8 Å². The Kier molecular flexibility index (Phi) is 4.90. The summed E-state index contributed by atoms with van der Waals surface area (Å²) in [6, 6.07) is 0. The summed E-state index contributed by atoms with van der Waals surface area (Å²) >= 11 is 1.62. The van der Waals surface area contributed by atoms with Crippen molar-refractivity contribution in [2.24, 2.45) is 5.92 Å². The molecular formula is C13H22O2S. The molecule has 0 bridgehead atoms. The lowest BCUT2D eigenvalue weighted by molar-refractivity contribution is -0.136. The Labute approximate surface area is 103 Å². The second-order valence-electron chi connectivity index (χ2n) is 4.98. The summed E-state index contributed by atoms with van der Waals surface area (Å²) in [5.41, 5.74) is 2.95. The highest BCUT2D eigenvalue weighted by molar-refractivity contribution is 8.01. The molecule has 1 aliphatic rings. The van der Waals surface area contributed by atoms with E-state index in [1.54, 1.807) is 18.7 Å². The summed E-state index contributed by atoms with van der Waals surface area (Å²) in [6.07, 6.45) is 3.47. The number of carboxylic acid groups (broad SMARTS) is 1. The van der Waals surface area contributed by atoms with E-state index in [4.69, 9.17) is 5.11 Å². The van der Waals surface area contributed by atoms with Crippen molar-refractivity contribution in [2.45, 2.75) is 57.5 Å². The van der Waals surface area contributed by atoms with Crippen LogP contribution in [0.1, 0.15) is 47.0 Å². The second-order valence-corrected chi connectivity index (χ2v) is 6.56. The van der Waals surface area contributed by atoms with Gasteiger partial charge in [-0.05, 0) is 46.0 Å². The number of allylic oxidation sites excluding steroid dienone is 2. The maximum absolute atomic E-state index is 10.9. The van der Waals surface area contributed by atoms with Crippen LogP contribution in [0.4, 0.5) is 0 Å². The van der Waals surface area contributed by atoms with E-state index in [1.165, 1.54) is 24.0 Å². The van der Waals surface area contributed by atoms with E-state index in [-0.39, 0.29) is 5.25 Å². The Morgan fingerprint density at radius 2 is 2.12 bits per heavy atom. The number of thioether (sulfide) groups is 1. The van der Waals surface area contributed by atoms with Crippen LogP contribution < -0.4 is 0 Å². The van der Waals surface area contributed by atoms with E-state index < -0.39 is 5.97 Å². The van der Waals surface area contributed by atoms with Crippen molar-refractivity contribution < 1.29 is 9.90 Å². The minimum atomic E-state index is -0.693. The molecule has 2 nitrogen and oxygen atoms in total. The summed E-state index contributed by atoms with van der Waals surface area (Å²) in [5.74, 6) is -0.0589. The molecule has 0 aromatic rings. The van der Waals surface area contributed by atoms with Crippen LogP contribution in [-0.4, -0.2) is 21.6 Å². The first kappa shape index (κ1) is 13.6. The van der Waals surface area contributed by atoms with Crippen molar-refractivity contribution >= 4 is 17.7 Å². The van der Waals surface area contributed by atoms with Gasteiger partial charge in [-0.3, -0.25) is 4.79 Å². The topological polar surface area (TPSA) is 37.3 Å². The van der Waals surface area contributed by atoms with Gasteiger partial charge in [-0.25, -0.2) is 0 Å². The first-order valence-corrected chi connectivity index (χ1v) is 6.89. The zero-order chi connectivity index (χ0) is 12.3. The van der Waals surface area contributed by atoms with Crippen molar-refractivity contribution in [1.29, 1.82) is 0 Å². The number of carbonyl (C=O) groups is 1. The molecule has 0 saturated heterocycles. The van der Waals surface area contributed by atoms with Crippen LogP contribution in [-0.2, 0) is 4.79 Å². The SMILES string of the molecule is CC(C)=C1CCC(C)C(SC(C)C(=O)O)C1. The summed E-state index contributed by atoms with van der Waals surface area (Å²) in [6.45, 7) is 8.35. The molecule has 1 N–H and O–H groups in total. The molecule has 1 rings (SSSR count). The molecule has 1 fully saturated rings. The lowest BCUT2D eigenvalue weighted by atomic mass is 9.85. The Morgan fingerprint density at radius 1 is 1.50 bits per heavy atom. The average Bonchev–Trinajstić information content (AvgIpc) is 2.20. The standard InChI is InChI=1S/C13H22O2S/c1-8(2)11-6-5-9(3)12(7-11)16-10(4)13(14)15/h9-10,12H,5-7H2,1-4H3,(H,14,15). The van der Waals surface area contributed by atoms with Crippen molar-refractivity contribution in [3.8, 4) is 0 Å². The molecule has 0 spiro atoms. The molecule has 92 valence electrons. The molecule has 1 aliphatic carbocycles. The van der Waals surface area contributed by atoms with Gasteiger partial charge in [0, 0.05) is 5.25 Å². The van der Waals surface area contributed by atoms with Crippen molar-refractivity contribution in [1.82, 2.24) is 0 Å². The van der Waals surface area contributed by atoms with Crippen LogP contribution in [0, 0.1) is 5.92 Å². The zero-order valence-electron chi connectivity index (χ0n) is 10.6.